The maximum atomic E-state index is 13.9. The molecule has 0 radical (unpaired) electrons. The molecule has 0 bridgehead atoms. The zero-order valence-corrected chi connectivity index (χ0v) is 10.7. The van der Waals surface area contributed by atoms with E-state index in [1.165, 1.54) is 0 Å². The minimum atomic E-state index is -1.35. The number of carbonyl (C=O) groups is 1. The van der Waals surface area contributed by atoms with Gasteiger partial charge >= 0.3 is 5.97 Å². The summed E-state index contributed by atoms with van der Waals surface area (Å²) in [6.45, 7) is 4.74. The van der Waals surface area contributed by atoms with Gasteiger partial charge in [-0.05, 0) is 26.0 Å². The first-order chi connectivity index (χ1) is 8.80. The molecule has 4 nitrogen and oxygen atoms in total. The molecule has 0 spiro atoms. The van der Waals surface area contributed by atoms with Crippen molar-refractivity contribution in [3.05, 3.63) is 29.3 Å². The number of nitrogens with zero attached hydrogens (tertiary/aromatic N) is 1. The Morgan fingerprint density at radius 1 is 1.37 bits per heavy atom. The van der Waals surface area contributed by atoms with E-state index in [0.29, 0.717) is 19.7 Å². The molecule has 0 unspecified atom stereocenters. The Morgan fingerprint density at radius 3 is 2.42 bits per heavy atom. The van der Waals surface area contributed by atoms with Crippen LogP contribution in [-0.2, 0) is 4.74 Å². The number of carboxylic acids is 1. The molecule has 1 heterocycles. The number of anilines is 1. The average molecular weight is 271 g/mol. The van der Waals surface area contributed by atoms with E-state index in [2.05, 4.69) is 0 Å². The van der Waals surface area contributed by atoms with E-state index in [0.717, 1.165) is 12.1 Å². The van der Waals surface area contributed by atoms with Crippen LogP contribution in [-0.4, -0.2) is 36.4 Å². The lowest BCUT2D eigenvalue weighted by Gasteiger charge is -2.39. The van der Waals surface area contributed by atoms with Crippen LogP contribution in [0.25, 0.3) is 0 Å². The Balaban J connectivity index is 2.37. The zero-order valence-electron chi connectivity index (χ0n) is 10.7. The summed E-state index contributed by atoms with van der Waals surface area (Å²) in [5, 5.41) is 8.75. The Labute approximate surface area is 109 Å². The molecule has 0 amide bonds. The zero-order chi connectivity index (χ0) is 14.2. The first-order valence-corrected chi connectivity index (χ1v) is 5.91. The van der Waals surface area contributed by atoms with Gasteiger partial charge in [0.15, 0.2) is 0 Å². The number of halogens is 2. The number of rotatable bonds is 2. The smallest absolute Gasteiger partial charge is 0.335 e. The molecule has 1 aromatic carbocycles. The number of hydrogen-bond donors (Lipinski definition) is 1. The van der Waals surface area contributed by atoms with Gasteiger partial charge in [-0.2, -0.15) is 0 Å². The van der Waals surface area contributed by atoms with Crippen LogP contribution in [0.3, 0.4) is 0 Å². The van der Waals surface area contributed by atoms with Crippen molar-refractivity contribution in [1.82, 2.24) is 0 Å². The highest BCUT2D eigenvalue weighted by atomic mass is 19.1. The molecule has 0 aliphatic carbocycles. The van der Waals surface area contributed by atoms with Crippen molar-refractivity contribution in [3.63, 3.8) is 0 Å². The van der Waals surface area contributed by atoms with Gasteiger partial charge < -0.3 is 14.7 Å². The molecule has 1 aliphatic heterocycles. The fraction of sp³-hybridized carbons (Fsp3) is 0.462. The summed E-state index contributed by atoms with van der Waals surface area (Å²) in [7, 11) is 0. The number of ether oxygens (including phenoxy) is 1. The second-order valence-electron chi connectivity index (χ2n) is 5.12. The fourth-order valence-corrected chi connectivity index (χ4v) is 2.20. The molecule has 1 fully saturated rings. The summed E-state index contributed by atoms with van der Waals surface area (Å²) in [4.78, 5) is 12.3. The number of aromatic carboxylic acids is 1. The third-order valence-electron chi connectivity index (χ3n) is 3.01. The number of hydrogen-bond acceptors (Lipinski definition) is 3. The molecule has 2 rings (SSSR count). The highest BCUT2D eigenvalue weighted by molar-refractivity contribution is 5.88. The van der Waals surface area contributed by atoms with Gasteiger partial charge in [-0.1, -0.05) is 0 Å². The van der Waals surface area contributed by atoms with Crippen molar-refractivity contribution in [3.8, 4) is 0 Å². The van der Waals surface area contributed by atoms with Crippen LogP contribution in [0.1, 0.15) is 24.2 Å². The molecule has 1 aliphatic rings. The van der Waals surface area contributed by atoms with Crippen LogP contribution >= 0.6 is 0 Å². The van der Waals surface area contributed by atoms with E-state index in [9.17, 15) is 13.6 Å². The van der Waals surface area contributed by atoms with Gasteiger partial charge in [0.1, 0.15) is 17.3 Å². The Bertz CT molecular complexity index is 494. The lowest BCUT2D eigenvalue weighted by Crippen LogP contribution is -2.49. The minimum Gasteiger partial charge on any atom is -0.478 e. The predicted molar refractivity (Wildman–Crippen MR) is 65.6 cm³/mol. The summed E-state index contributed by atoms with van der Waals surface area (Å²) in [5.41, 5.74) is -1.09. The van der Waals surface area contributed by atoms with E-state index >= 15 is 0 Å². The van der Waals surface area contributed by atoms with Crippen molar-refractivity contribution in [2.75, 3.05) is 24.6 Å². The van der Waals surface area contributed by atoms with Gasteiger partial charge in [-0.3, -0.25) is 0 Å². The van der Waals surface area contributed by atoms with E-state index in [4.69, 9.17) is 9.84 Å². The average Bonchev–Trinajstić information content (AvgIpc) is 2.26. The molecule has 6 heteroatoms. The SMILES string of the molecule is CC1(C)CN(c2c(F)cc(C(=O)O)cc2F)CCO1. The maximum Gasteiger partial charge on any atom is 0.335 e. The molecule has 1 aromatic rings. The number of carboxylic acid groups (broad SMARTS) is 1. The van der Waals surface area contributed by atoms with Gasteiger partial charge in [0.05, 0.1) is 17.8 Å². The highest BCUT2D eigenvalue weighted by Crippen LogP contribution is 2.29. The van der Waals surface area contributed by atoms with Crippen LogP contribution in [0.4, 0.5) is 14.5 Å². The standard InChI is InChI=1S/C13H15F2NO3/c1-13(2)7-16(3-4-19-13)11-9(14)5-8(12(17)18)6-10(11)15/h5-6H,3-4,7H2,1-2H3,(H,17,18). The quantitative estimate of drug-likeness (QED) is 0.896. The highest BCUT2D eigenvalue weighted by Gasteiger charge is 2.30. The first-order valence-electron chi connectivity index (χ1n) is 5.91. The summed E-state index contributed by atoms with van der Waals surface area (Å²) in [6, 6.07) is 1.67. The largest absolute Gasteiger partial charge is 0.478 e. The van der Waals surface area contributed by atoms with Crippen LogP contribution in [0.5, 0.6) is 0 Å². The van der Waals surface area contributed by atoms with Crippen LogP contribution < -0.4 is 4.90 Å². The van der Waals surface area contributed by atoms with Crippen molar-refractivity contribution < 1.29 is 23.4 Å². The van der Waals surface area contributed by atoms with Gasteiger partial charge in [0.25, 0.3) is 0 Å². The molecule has 0 saturated carbocycles. The van der Waals surface area contributed by atoms with Crippen LogP contribution in [0, 0.1) is 11.6 Å². The molecule has 0 aromatic heterocycles. The second kappa shape index (κ2) is 4.77. The van der Waals surface area contributed by atoms with Crippen molar-refractivity contribution in [1.29, 1.82) is 0 Å². The summed E-state index contributed by atoms with van der Waals surface area (Å²) < 4.78 is 33.3. The van der Waals surface area contributed by atoms with Crippen LogP contribution in [0.2, 0.25) is 0 Å². The predicted octanol–water partition coefficient (Wildman–Crippen LogP) is 2.28. The molecule has 19 heavy (non-hydrogen) atoms. The summed E-state index contributed by atoms with van der Waals surface area (Å²) in [6.07, 6.45) is 0. The third kappa shape index (κ3) is 2.84. The monoisotopic (exact) mass is 271 g/mol. The second-order valence-corrected chi connectivity index (χ2v) is 5.12. The van der Waals surface area contributed by atoms with E-state index < -0.39 is 28.8 Å². The molecule has 104 valence electrons. The lowest BCUT2D eigenvalue weighted by atomic mass is 10.1. The normalized spacial score (nSPS) is 18.4. The summed E-state index contributed by atoms with van der Waals surface area (Å²) in [5.74, 6) is -3.09. The number of benzene rings is 1. The Morgan fingerprint density at radius 2 is 1.95 bits per heavy atom. The van der Waals surface area contributed by atoms with Crippen LogP contribution in [0.15, 0.2) is 12.1 Å². The number of morpholine rings is 1. The van der Waals surface area contributed by atoms with Gasteiger partial charge in [0, 0.05) is 13.1 Å². The van der Waals surface area contributed by atoms with Gasteiger partial charge in [-0.15, -0.1) is 0 Å². The molecule has 1 saturated heterocycles. The molecular formula is C13H15F2NO3. The molecular weight excluding hydrogens is 256 g/mol. The molecule has 1 N–H and O–H groups in total. The van der Waals surface area contributed by atoms with Crippen molar-refractivity contribution >= 4 is 11.7 Å². The van der Waals surface area contributed by atoms with Gasteiger partial charge in [-0.25, -0.2) is 13.6 Å². The minimum absolute atomic E-state index is 0.193. The topological polar surface area (TPSA) is 49.8 Å². The van der Waals surface area contributed by atoms with E-state index in [-0.39, 0.29) is 5.69 Å². The maximum absolute atomic E-state index is 13.9. The van der Waals surface area contributed by atoms with Gasteiger partial charge in [0.2, 0.25) is 0 Å². The lowest BCUT2D eigenvalue weighted by molar-refractivity contribution is -0.0280. The Hall–Kier alpha value is -1.69. The third-order valence-corrected chi connectivity index (χ3v) is 3.01. The Kier molecular flexibility index (Phi) is 3.45. The van der Waals surface area contributed by atoms with Crippen molar-refractivity contribution in [2.45, 2.75) is 19.4 Å². The summed E-state index contributed by atoms with van der Waals surface area (Å²) >= 11 is 0. The van der Waals surface area contributed by atoms with Crippen molar-refractivity contribution in [2.24, 2.45) is 0 Å². The fourth-order valence-electron chi connectivity index (χ4n) is 2.20. The first kappa shape index (κ1) is 13.7. The molecule has 0 atom stereocenters. The van der Waals surface area contributed by atoms with E-state index in [1.54, 1.807) is 4.90 Å². The van der Waals surface area contributed by atoms with E-state index in [1.807, 2.05) is 13.8 Å².